The Bertz CT molecular complexity index is 490. The lowest BCUT2D eigenvalue weighted by Crippen LogP contribution is -2.51. The number of rotatable bonds is 4. The van der Waals surface area contributed by atoms with Gasteiger partial charge in [0.1, 0.15) is 0 Å². The summed E-state index contributed by atoms with van der Waals surface area (Å²) in [6, 6.07) is 0. The fourth-order valence-corrected chi connectivity index (χ4v) is 3.15. The van der Waals surface area contributed by atoms with E-state index in [4.69, 9.17) is 4.52 Å². The zero-order valence-electron chi connectivity index (χ0n) is 13.3. The van der Waals surface area contributed by atoms with Gasteiger partial charge in [-0.15, -0.1) is 0 Å². The first-order chi connectivity index (χ1) is 10.8. The van der Waals surface area contributed by atoms with Crippen LogP contribution in [-0.4, -0.2) is 65.1 Å². The van der Waals surface area contributed by atoms with Crippen LogP contribution in [0.2, 0.25) is 0 Å². The first kappa shape index (κ1) is 15.4. The molecule has 0 saturated carbocycles. The second kappa shape index (κ2) is 7.19. The van der Waals surface area contributed by atoms with Crippen molar-refractivity contribution in [2.24, 2.45) is 5.92 Å². The SMILES string of the molecule is CCc1nc(CN2CCN(C(=O)C3CCCNC3)CC2)no1. The van der Waals surface area contributed by atoms with Crippen molar-refractivity contribution >= 4 is 5.91 Å². The van der Waals surface area contributed by atoms with E-state index < -0.39 is 0 Å². The van der Waals surface area contributed by atoms with E-state index in [2.05, 4.69) is 20.4 Å². The third-order valence-corrected chi connectivity index (χ3v) is 4.51. The first-order valence-corrected chi connectivity index (χ1v) is 8.29. The Balaban J connectivity index is 1.46. The lowest BCUT2D eigenvalue weighted by atomic mass is 9.98. The lowest BCUT2D eigenvalue weighted by Gasteiger charge is -2.36. The number of nitrogens with one attached hydrogen (secondary N) is 1. The molecule has 1 atom stereocenters. The summed E-state index contributed by atoms with van der Waals surface area (Å²) in [7, 11) is 0. The Hall–Kier alpha value is -1.47. The van der Waals surface area contributed by atoms with Crippen LogP contribution in [0.5, 0.6) is 0 Å². The van der Waals surface area contributed by atoms with E-state index in [-0.39, 0.29) is 5.92 Å². The van der Waals surface area contributed by atoms with Gasteiger partial charge < -0.3 is 14.7 Å². The van der Waals surface area contributed by atoms with Crippen LogP contribution < -0.4 is 5.32 Å². The summed E-state index contributed by atoms with van der Waals surface area (Å²) in [6.07, 6.45) is 2.90. The quantitative estimate of drug-likeness (QED) is 0.861. The molecule has 22 heavy (non-hydrogen) atoms. The molecule has 1 aromatic heterocycles. The van der Waals surface area contributed by atoms with Gasteiger partial charge in [-0.25, -0.2) is 0 Å². The summed E-state index contributed by atoms with van der Waals surface area (Å²) in [5, 5.41) is 7.31. The van der Waals surface area contributed by atoms with Gasteiger partial charge in [0.25, 0.3) is 0 Å². The smallest absolute Gasteiger partial charge is 0.227 e. The Morgan fingerprint density at radius 1 is 1.36 bits per heavy atom. The number of carbonyl (C=O) groups is 1. The van der Waals surface area contributed by atoms with Crippen LogP contribution in [0.4, 0.5) is 0 Å². The van der Waals surface area contributed by atoms with Crippen LogP contribution in [0, 0.1) is 5.92 Å². The minimum absolute atomic E-state index is 0.171. The van der Waals surface area contributed by atoms with Crippen molar-refractivity contribution in [2.45, 2.75) is 32.7 Å². The number of aromatic nitrogens is 2. The molecule has 2 saturated heterocycles. The average molecular weight is 307 g/mol. The Morgan fingerprint density at radius 2 is 2.18 bits per heavy atom. The second-order valence-electron chi connectivity index (χ2n) is 6.10. The summed E-state index contributed by atoms with van der Waals surface area (Å²) in [4.78, 5) is 21.1. The van der Waals surface area contributed by atoms with E-state index in [0.717, 1.165) is 64.4 Å². The summed E-state index contributed by atoms with van der Waals surface area (Å²) in [5.74, 6) is 1.92. The molecule has 0 bridgehead atoms. The molecular formula is C15H25N5O2. The van der Waals surface area contributed by atoms with Crippen LogP contribution >= 0.6 is 0 Å². The number of hydrogen-bond donors (Lipinski definition) is 1. The van der Waals surface area contributed by atoms with Gasteiger partial charge in [0, 0.05) is 39.1 Å². The number of carbonyl (C=O) groups excluding carboxylic acids is 1. The average Bonchev–Trinajstić information content (AvgIpc) is 3.03. The largest absolute Gasteiger partial charge is 0.340 e. The summed E-state index contributed by atoms with van der Waals surface area (Å²) in [6.45, 7) is 7.94. The van der Waals surface area contributed by atoms with Crippen LogP contribution in [0.3, 0.4) is 0 Å². The van der Waals surface area contributed by atoms with E-state index in [1.165, 1.54) is 0 Å². The van der Waals surface area contributed by atoms with E-state index in [0.29, 0.717) is 18.3 Å². The van der Waals surface area contributed by atoms with Crippen molar-refractivity contribution in [3.63, 3.8) is 0 Å². The van der Waals surface area contributed by atoms with Crippen LogP contribution in [0.15, 0.2) is 4.52 Å². The molecule has 0 spiro atoms. The van der Waals surface area contributed by atoms with Gasteiger partial charge in [-0.2, -0.15) is 4.98 Å². The van der Waals surface area contributed by atoms with E-state index in [1.807, 2.05) is 11.8 Å². The number of piperidine rings is 1. The number of aryl methyl sites for hydroxylation is 1. The molecule has 1 unspecified atom stereocenters. The van der Waals surface area contributed by atoms with Crippen molar-refractivity contribution in [3.05, 3.63) is 11.7 Å². The normalized spacial score (nSPS) is 23.7. The monoisotopic (exact) mass is 307 g/mol. The van der Waals surface area contributed by atoms with Crippen molar-refractivity contribution < 1.29 is 9.32 Å². The van der Waals surface area contributed by atoms with Gasteiger partial charge in [0.2, 0.25) is 11.8 Å². The molecule has 0 aliphatic carbocycles. The topological polar surface area (TPSA) is 74.5 Å². The molecule has 7 heteroatoms. The molecule has 0 radical (unpaired) electrons. The molecule has 2 aliphatic heterocycles. The molecule has 3 heterocycles. The number of hydrogen-bond acceptors (Lipinski definition) is 6. The maximum Gasteiger partial charge on any atom is 0.227 e. The summed E-state index contributed by atoms with van der Waals surface area (Å²) < 4.78 is 5.13. The number of amides is 1. The Labute approximate surface area is 131 Å². The summed E-state index contributed by atoms with van der Waals surface area (Å²) in [5.41, 5.74) is 0. The highest BCUT2D eigenvalue weighted by Crippen LogP contribution is 2.15. The van der Waals surface area contributed by atoms with Gasteiger partial charge in [0.05, 0.1) is 12.5 Å². The number of piperazine rings is 1. The van der Waals surface area contributed by atoms with Crippen molar-refractivity contribution in [2.75, 3.05) is 39.3 Å². The second-order valence-corrected chi connectivity index (χ2v) is 6.10. The molecule has 122 valence electrons. The Morgan fingerprint density at radius 3 is 2.82 bits per heavy atom. The highest BCUT2D eigenvalue weighted by atomic mass is 16.5. The predicted molar refractivity (Wildman–Crippen MR) is 81.1 cm³/mol. The third-order valence-electron chi connectivity index (χ3n) is 4.51. The molecule has 1 aromatic rings. The van der Waals surface area contributed by atoms with Gasteiger partial charge >= 0.3 is 0 Å². The summed E-state index contributed by atoms with van der Waals surface area (Å²) >= 11 is 0. The highest BCUT2D eigenvalue weighted by molar-refractivity contribution is 5.79. The molecule has 2 fully saturated rings. The molecule has 3 rings (SSSR count). The van der Waals surface area contributed by atoms with Gasteiger partial charge in [-0.3, -0.25) is 9.69 Å². The zero-order valence-corrected chi connectivity index (χ0v) is 13.3. The minimum atomic E-state index is 0.171. The Kier molecular flexibility index (Phi) is 5.04. The van der Waals surface area contributed by atoms with Crippen molar-refractivity contribution in [1.82, 2.24) is 25.3 Å². The standard InChI is InChI=1S/C15H25N5O2/c1-2-14-17-13(18-22-14)11-19-6-8-20(9-7-19)15(21)12-4-3-5-16-10-12/h12,16H,2-11H2,1H3. The van der Waals surface area contributed by atoms with Crippen molar-refractivity contribution in [3.8, 4) is 0 Å². The lowest BCUT2D eigenvalue weighted by molar-refractivity contribution is -0.137. The number of nitrogens with zero attached hydrogens (tertiary/aromatic N) is 4. The first-order valence-electron chi connectivity index (χ1n) is 8.29. The molecule has 7 nitrogen and oxygen atoms in total. The van der Waals surface area contributed by atoms with E-state index >= 15 is 0 Å². The van der Waals surface area contributed by atoms with E-state index in [1.54, 1.807) is 0 Å². The zero-order chi connectivity index (χ0) is 15.4. The van der Waals surface area contributed by atoms with Gasteiger partial charge in [0.15, 0.2) is 5.82 Å². The van der Waals surface area contributed by atoms with E-state index in [9.17, 15) is 4.79 Å². The van der Waals surface area contributed by atoms with Crippen LogP contribution in [0.25, 0.3) is 0 Å². The van der Waals surface area contributed by atoms with Crippen molar-refractivity contribution in [1.29, 1.82) is 0 Å². The fourth-order valence-electron chi connectivity index (χ4n) is 3.15. The van der Waals surface area contributed by atoms with Gasteiger partial charge in [-0.05, 0) is 19.4 Å². The molecule has 1 amide bonds. The van der Waals surface area contributed by atoms with Crippen LogP contribution in [0.1, 0.15) is 31.5 Å². The maximum absolute atomic E-state index is 12.5. The van der Waals surface area contributed by atoms with Crippen LogP contribution in [-0.2, 0) is 17.8 Å². The molecular weight excluding hydrogens is 282 g/mol. The minimum Gasteiger partial charge on any atom is -0.340 e. The molecule has 2 aliphatic rings. The fraction of sp³-hybridized carbons (Fsp3) is 0.800. The maximum atomic E-state index is 12.5. The highest BCUT2D eigenvalue weighted by Gasteiger charge is 2.28. The third kappa shape index (κ3) is 3.64. The predicted octanol–water partition coefficient (Wildman–Crippen LogP) is 0.276. The molecule has 0 aromatic carbocycles. The van der Waals surface area contributed by atoms with Gasteiger partial charge in [-0.1, -0.05) is 12.1 Å². The molecule has 1 N–H and O–H groups in total.